The number of alkyl halides is 3. The van der Waals surface area contributed by atoms with Gasteiger partial charge in [0.25, 0.3) is 0 Å². The Kier molecular flexibility index (Phi) is 6.03. The van der Waals surface area contributed by atoms with Gasteiger partial charge < -0.3 is 9.88 Å². The smallest absolute Gasteiger partial charge is 0.325 e. The van der Waals surface area contributed by atoms with Crippen LogP contribution in [0.3, 0.4) is 0 Å². The number of aromatic nitrogens is 3. The van der Waals surface area contributed by atoms with Crippen molar-refractivity contribution in [1.82, 2.24) is 14.8 Å². The molecule has 0 aliphatic carbocycles. The predicted molar refractivity (Wildman–Crippen MR) is 102 cm³/mol. The summed E-state index contributed by atoms with van der Waals surface area (Å²) < 4.78 is 40.0. The minimum Gasteiger partial charge on any atom is -0.325 e. The van der Waals surface area contributed by atoms with Gasteiger partial charge in [-0.25, -0.2) is 0 Å². The summed E-state index contributed by atoms with van der Waals surface area (Å²) in [6, 6.07) is 13.9. The molecular formula is C19H17F3N4OS. The number of thioether (sulfide) groups is 1. The molecule has 9 heteroatoms. The number of carbonyl (C=O) groups is 1. The van der Waals surface area contributed by atoms with Crippen molar-refractivity contribution in [3.8, 4) is 11.4 Å². The average Bonchev–Trinajstić information content (AvgIpc) is 3.09. The van der Waals surface area contributed by atoms with E-state index in [-0.39, 0.29) is 11.7 Å². The average molecular weight is 406 g/mol. The van der Waals surface area contributed by atoms with E-state index in [1.165, 1.54) is 23.9 Å². The molecule has 1 aromatic heterocycles. The highest BCUT2D eigenvalue weighted by Crippen LogP contribution is 2.31. The number of nitrogens with zero attached hydrogens (tertiary/aromatic N) is 3. The van der Waals surface area contributed by atoms with E-state index >= 15 is 0 Å². The summed E-state index contributed by atoms with van der Waals surface area (Å²) in [6.07, 6.45) is -4.38. The number of amides is 1. The molecule has 0 saturated carbocycles. The van der Waals surface area contributed by atoms with E-state index in [9.17, 15) is 18.0 Å². The number of anilines is 1. The Morgan fingerprint density at radius 2 is 1.75 bits per heavy atom. The van der Waals surface area contributed by atoms with Crippen LogP contribution >= 0.6 is 11.8 Å². The molecule has 0 unspecified atom stereocenters. The summed E-state index contributed by atoms with van der Waals surface area (Å²) in [6.45, 7) is 2.40. The largest absolute Gasteiger partial charge is 0.416 e. The fraction of sp³-hybridized carbons (Fsp3) is 0.211. The van der Waals surface area contributed by atoms with Crippen molar-refractivity contribution >= 4 is 23.4 Å². The topological polar surface area (TPSA) is 59.8 Å². The molecule has 0 spiro atoms. The molecule has 0 fully saturated rings. The Morgan fingerprint density at radius 1 is 1.07 bits per heavy atom. The number of rotatable bonds is 6. The van der Waals surface area contributed by atoms with Gasteiger partial charge >= 0.3 is 6.18 Å². The third kappa shape index (κ3) is 4.72. The first kappa shape index (κ1) is 19.9. The first-order valence-corrected chi connectivity index (χ1v) is 9.45. The van der Waals surface area contributed by atoms with E-state index in [2.05, 4.69) is 15.5 Å². The van der Waals surface area contributed by atoms with Crippen LogP contribution in [0.25, 0.3) is 11.4 Å². The maximum absolute atomic E-state index is 12.7. The highest BCUT2D eigenvalue weighted by Gasteiger charge is 2.30. The van der Waals surface area contributed by atoms with Crippen LogP contribution in [0.1, 0.15) is 12.5 Å². The molecule has 28 heavy (non-hydrogen) atoms. The number of para-hydroxylation sites is 1. The molecule has 0 bridgehead atoms. The van der Waals surface area contributed by atoms with Gasteiger partial charge in [0.1, 0.15) is 0 Å². The maximum Gasteiger partial charge on any atom is 0.416 e. The van der Waals surface area contributed by atoms with Crippen molar-refractivity contribution in [2.24, 2.45) is 0 Å². The minimum absolute atomic E-state index is 0.139. The molecule has 0 aliphatic rings. The lowest BCUT2D eigenvalue weighted by molar-refractivity contribution is -0.137. The Morgan fingerprint density at radius 3 is 2.36 bits per heavy atom. The summed E-state index contributed by atoms with van der Waals surface area (Å²) in [5.41, 5.74) is 0.518. The highest BCUT2D eigenvalue weighted by molar-refractivity contribution is 7.99. The van der Waals surface area contributed by atoms with Gasteiger partial charge in [0.2, 0.25) is 5.91 Å². The molecule has 3 rings (SSSR count). The molecule has 0 atom stereocenters. The molecule has 1 amide bonds. The monoisotopic (exact) mass is 406 g/mol. The zero-order valence-corrected chi connectivity index (χ0v) is 15.7. The molecule has 0 aliphatic heterocycles. The van der Waals surface area contributed by atoms with Gasteiger partial charge in [0, 0.05) is 17.8 Å². The lowest BCUT2D eigenvalue weighted by atomic mass is 10.1. The summed E-state index contributed by atoms with van der Waals surface area (Å²) in [4.78, 5) is 12.1. The van der Waals surface area contributed by atoms with Crippen LogP contribution in [-0.2, 0) is 17.5 Å². The molecule has 0 radical (unpaired) electrons. The van der Waals surface area contributed by atoms with Crippen LogP contribution in [0, 0.1) is 0 Å². The van der Waals surface area contributed by atoms with Crippen molar-refractivity contribution in [2.75, 3.05) is 11.1 Å². The third-order valence-corrected chi connectivity index (χ3v) is 4.86. The van der Waals surface area contributed by atoms with Gasteiger partial charge in [-0.05, 0) is 31.2 Å². The second-order valence-electron chi connectivity index (χ2n) is 5.83. The van der Waals surface area contributed by atoms with Crippen molar-refractivity contribution < 1.29 is 18.0 Å². The first-order chi connectivity index (χ1) is 13.4. The summed E-state index contributed by atoms with van der Waals surface area (Å²) in [5, 5.41) is 11.5. The van der Waals surface area contributed by atoms with Crippen molar-refractivity contribution in [1.29, 1.82) is 0 Å². The van der Waals surface area contributed by atoms with E-state index in [0.29, 0.717) is 28.8 Å². The first-order valence-electron chi connectivity index (χ1n) is 8.47. The van der Waals surface area contributed by atoms with Gasteiger partial charge in [-0.2, -0.15) is 13.2 Å². The van der Waals surface area contributed by atoms with Crippen LogP contribution in [0.5, 0.6) is 0 Å². The standard InChI is InChI=1S/C19H17F3N4OS/c1-2-26-17(13-8-10-14(11-9-13)19(20,21)22)24-25-18(26)28-12-16(27)23-15-6-4-3-5-7-15/h3-11H,2,12H2,1H3,(H,23,27). The van der Waals surface area contributed by atoms with Gasteiger partial charge in [-0.1, -0.05) is 42.1 Å². The second kappa shape index (κ2) is 8.47. The SMILES string of the molecule is CCn1c(SCC(=O)Nc2ccccc2)nnc1-c1ccc(C(F)(F)F)cc1. The Labute approximate surface area is 164 Å². The van der Waals surface area contributed by atoms with E-state index in [0.717, 1.165) is 12.1 Å². The lowest BCUT2D eigenvalue weighted by Gasteiger charge is -2.09. The van der Waals surface area contributed by atoms with E-state index < -0.39 is 11.7 Å². The summed E-state index contributed by atoms with van der Waals surface area (Å²) in [7, 11) is 0. The van der Waals surface area contributed by atoms with Crippen LogP contribution in [0.15, 0.2) is 59.8 Å². The molecule has 3 aromatic rings. The normalized spacial score (nSPS) is 11.4. The zero-order chi connectivity index (χ0) is 20.1. The molecular weight excluding hydrogens is 389 g/mol. The maximum atomic E-state index is 12.7. The van der Waals surface area contributed by atoms with E-state index in [4.69, 9.17) is 0 Å². The van der Waals surface area contributed by atoms with Crippen molar-refractivity contribution in [2.45, 2.75) is 24.8 Å². The summed E-state index contributed by atoms with van der Waals surface area (Å²) in [5.74, 6) is 0.417. The molecule has 5 nitrogen and oxygen atoms in total. The fourth-order valence-corrected chi connectivity index (χ4v) is 3.35. The number of benzene rings is 2. The highest BCUT2D eigenvalue weighted by atomic mass is 32.2. The second-order valence-corrected chi connectivity index (χ2v) is 6.77. The quantitative estimate of drug-likeness (QED) is 0.602. The van der Waals surface area contributed by atoms with Crippen molar-refractivity contribution in [3.63, 3.8) is 0 Å². The van der Waals surface area contributed by atoms with Gasteiger partial charge in [-0.15, -0.1) is 10.2 Å². The number of hydrogen-bond donors (Lipinski definition) is 1. The third-order valence-electron chi connectivity index (χ3n) is 3.89. The molecule has 0 saturated heterocycles. The van der Waals surface area contributed by atoms with Gasteiger partial charge in [0.05, 0.1) is 11.3 Å². The Hall–Kier alpha value is -2.81. The minimum atomic E-state index is -4.38. The zero-order valence-electron chi connectivity index (χ0n) is 14.9. The number of carbonyl (C=O) groups excluding carboxylic acids is 1. The summed E-state index contributed by atoms with van der Waals surface area (Å²) >= 11 is 1.22. The van der Waals surface area contributed by atoms with E-state index in [1.54, 1.807) is 16.7 Å². The molecule has 2 aromatic carbocycles. The van der Waals surface area contributed by atoms with Crippen LogP contribution in [0.2, 0.25) is 0 Å². The number of halogens is 3. The molecule has 1 heterocycles. The number of nitrogens with one attached hydrogen (secondary N) is 1. The predicted octanol–water partition coefficient (Wildman–Crippen LogP) is 4.71. The Bertz CT molecular complexity index is 940. The molecule has 146 valence electrons. The van der Waals surface area contributed by atoms with E-state index in [1.807, 2.05) is 25.1 Å². The lowest BCUT2D eigenvalue weighted by Crippen LogP contribution is -2.14. The van der Waals surface area contributed by atoms with Crippen LogP contribution < -0.4 is 5.32 Å². The van der Waals surface area contributed by atoms with Crippen LogP contribution in [-0.4, -0.2) is 26.4 Å². The fourth-order valence-electron chi connectivity index (χ4n) is 2.55. The number of hydrogen-bond acceptors (Lipinski definition) is 4. The van der Waals surface area contributed by atoms with Gasteiger partial charge in [-0.3, -0.25) is 4.79 Å². The molecule has 1 N–H and O–H groups in total. The van der Waals surface area contributed by atoms with Gasteiger partial charge in [0.15, 0.2) is 11.0 Å². The van der Waals surface area contributed by atoms with Crippen molar-refractivity contribution in [3.05, 3.63) is 60.2 Å². The Balaban J connectivity index is 1.70. The van der Waals surface area contributed by atoms with Crippen LogP contribution in [0.4, 0.5) is 18.9 Å².